The Morgan fingerprint density at radius 1 is 1.38 bits per heavy atom. The number of hydrogen-bond acceptors (Lipinski definition) is 4. The van der Waals surface area contributed by atoms with Crippen LogP contribution in [0.25, 0.3) is 0 Å². The molecule has 1 heterocycles. The summed E-state index contributed by atoms with van der Waals surface area (Å²) in [5, 5.41) is 0. The summed E-state index contributed by atoms with van der Waals surface area (Å²) >= 11 is 0. The lowest BCUT2D eigenvalue weighted by Gasteiger charge is -2.31. The lowest BCUT2D eigenvalue weighted by atomic mass is 9.83. The Morgan fingerprint density at radius 3 is 2.62 bits per heavy atom. The molecule has 0 unspecified atom stereocenters. The number of hydrogen-bond donors (Lipinski definition) is 1. The second kappa shape index (κ2) is 5.15. The van der Waals surface area contributed by atoms with Crippen LogP contribution in [0.3, 0.4) is 0 Å². The van der Waals surface area contributed by atoms with Crippen LogP contribution in [0.1, 0.15) is 38.5 Å². The molecule has 2 aliphatic rings. The fourth-order valence-electron chi connectivity index (χ4n) is 2.18. The predicted molar refractivity (Wildman–Crippen MR) is 59.9 cm³/mol. The minimum absolute atomic E-state index is 0.241. The monoisotopic (exact) mass is 227 g/mol. The van der Waals surface area contributed by atoms with Crippen LogP contribution in [0.5, 0.6) is 0 Å². The molecule has 92 valence electrons. The third kappa shape index (κ3) is 2.74. The first-order valence-corrected chi connectivity index (χ1v) is 6.24. The smallest absolute Gasteiger partial charge is 0.326 e. The van der Waals surface area contributed by atoms with Gasteiger partial charge in [-0.15, -0.1) is 0 Å². The number of esters is 1. The van der Waals surface area contributed by atoms with E-state index in [1.54, 1.807) is 0 Å². The molecule has 2 N–H and O–H groups in total. The van der Waals surface area contributed by atoms with Gasteiger partial charge in [0, 0.05) is 13.2 Å². The maximum Gasteiger partial charge on any atom is 0.326 e. The van der Waals surface area contributed by atoms with Crippen molar-refractivity contribution >= 4 is 5.97 Å². The summed E-state index contributed by atoms with van der Waals surface area (Å²) in [4.78, 5) is 11.8. The minimum Gasteiger partial charge on any atom is -0.464 e. The highest BCUT2D eigenvalue weighted by molar-refractivity contribution is 5.80. The standard InChI is InChI=1S/C12H21NO3/c13-12(5-8-15-9-6-12)11(14)16-7-4-10-2-1-3-10/h10H,1-9,13H2. The number of carbonyl (C=O) groups is 1. The molecular weight excluding hydrogens is 206 g/mol. The van der Waals surface area contributed by atoms with Crippen molar-refractivity contribution in [3.05, 3.63) is 0 Å². The van der Waals surface area contributed by atoms with Crippen LogP contribution in [0, 0.1) is 5.92 Å². The van der Waals surface area contributed by atoms with E-state index < -0.39 is 5.54 Å². The molecule has 1 saturated carbocycles. The molecule has 2 fully saturated rings. The maximum absolute atomic E-state index is 11.8. The van der Waals surface area contributed by atoms with Gasteiger partial charge in [0.1, 0.15) is 5.54 Å². The van der Waals surface area contributed by atoms with Crippen LogP contribution in [0.2, 0.25) is 0 Å². The van der Waals surface area contributed by atoms with E-state index in [-0.39, 0.29) is 5.97 Å². The van der Waals surface area contributed by atoms with Gasteiger partial charge in [0.2, 0.25) is 0 Å². The van der Waals surface area contributed by atoms with Crippen molar-refractivity contribution < 1.29 is 14.3 Å². The SMILES string of the molecule is NC1(C(=O)OCCC2CCC2)CCOCC1. The summed E-state index contributed by atoms with van der Waals surface area (Å²) in [6, 6.07) is 0. The van der Waals surface area contributed by atoms with Crippen molar-refractivity contribution in [3.63, 3.8) is 0 Å². The molecule has 0 amide bonds. The Labute approximate surface area is 96.5 Å². The molecule has 2 rings (SSSR count). The van der Waals surface area contributed by atoms with Crippen LogP contribution in [0.4, 0.5) is 0 Å². The molecule has 0 bridgehead atoms. The molecular formula is C12H21NO3. The quantitative estimate of drug-likeness (QED) is 0.734. The zero-order chi connectivity index (χ0) is 11.4. The number of nitrogens with two attached hydrogens (primary N) is 1. The highest BCUT2D eigenvalue weighted by atomic mass is 16.5. The first-order valence-electron chi connectivity index (χ1n) is 6.24. The normalized spacial score (nSPS) is 24.8. The lowest BCUT2D eigenvalue weighted by Crippen LogP contribution is -2.52. The van der Waals surface area contributed by atoms with Gasteiger partial charge in [0.15, 0.2) is 0 Å². The fourth-order valence-corrected chi connectivity index (χ4v) is 2.18. The van der Waals surface area contributed by atoms with E-state index >= 15 is 0 Å². The molecule has 1 saturated heterocycles. The molecule has 1 aliphatic carbocycles. The first-order chi connectivity index (χ1) is 7.71. The molecule has 0 aromatic rings. The molecule has 0 aromatic heterocycles. The molecule has 0 spiro atoms. The topological polar surface area (TPSA) is 61.6 Å². The fraction of sp³-hybridized carbons (Fsp3) is 0.917. The van der Waals surface area contributed by atoms with Crippen molar-refractivity contribution in [3.8, 4) is 0 Å². The van der Waals surface area contributed by atoms with E-state index in [9.17, 15) is 4.79 Å². The highest BCUT2D eigenvalue weighted by Crippen LogP contribution is 2.29. The summed E-state index contributed by atoms with van der Waals surface area (Å²) in [6.45, 7) is 1.66. The molecule has 0 atom stereocenters. The van der Waals surface area contributed by atoms with E-state index in [1.165, 1.54) is 19.3 Å². The summed E-state index contributed by atoms with van der Waals surface area (Å²) in [5.41, 5.74) is 5.22. The molecule has 1 aliphatic heterocycles. The van der Waals surface area contributed by atoms with E-state index in [2.05, 4.69) is 0 Å². The van der Waals surface area contributed by atoms with Crippen molar-refractivity contribution in [2.75, 3.05) is 19.8 Å². The average molecular weight is 227 g/mol. The van der Waals surface area contributed by atoms with E-state index in [0.29, 0.717) is 32.7 Å². The number of carbonyl (C=O) groups excluding carboxylic acids is 1. The first kappa shape index (κ1) is 11.9. The van der Waals surface area contributed by atoms with Gasteiger partial charge >= 0.3 is 5.97 Å². The van der Waals surface area contributed by atoms with Crippen LogP contribution < -0.4 is 5.73 Å². The molecule has 0 aromatic carbocycles. The van der Waals surface area contributed by atoms with E-state index in [0.717, 1.165) is 12.3 Å². The zero-order valence-corrected chi connectivity index (χ0v) is 9.74. The van der Waals surface area contributed by atoms with Gasteiger partial charge in [0.25, 0.3) is 0 Å². The Bertz CT molecular complexity index is 245. The second-order valence-electron chi connectivity index (χ2n) is 4.99. The molecule has 4 heteroatoms. The Hall–Kier alpha value is -0.610. The van der Waals surface area contributed by atoms with E-state index in [4.69, 9.17) is 15.2 Å². The Kier molecular flexibility index (Phi) is 3.82. The van der Waals surface area contributed by atoms with Gasteiger partial charge in [0.05, 0.1) is 6.61 Å². The average Bonchev–Trinajstić information content (AvgIpc) is 2.22. The zero-order valence-electron chi connectivity index (χ0n) is 9.74. The summed E-state index contributed by atoms with van der Waals surface area (Å²) in [7, 11) is 0. The van der Waals surface area contributed by atoms with Gasteiger partial charge in [-0.2, -0.15) is 0 Å². The summed E-state index contributed by atoms with van der Waals surface area (Å²) in [6.07, 6.45) is 6.07. The predicted octanol–water partition coefficient (Wildman–Crippen LogP) is 1.23. The van der Waals surface area contributed by atoms with Gasteiger partial charge < -0.3 is 15.2 Å². The lowest BCUT2D eigenvalue weighted by molar-refractivity contribution is -0.154. The van der Waals surface area contributed by atoms with Crippen molar-refractivity contribution in [1.82, 2.24) is 0 Å². The molecule has 16 heavy (non-hydrogen) atoms. The van der Waals surface area contributed by atoms with Gasteiger partial charge in [-0.1, -0.05) is 19.3 Å². The molecule has 4 nitrogen and oxygen atoms in total. The van der Waals surface area contributed by atoms with Gasteiger partial charge in [-0.05, 0) is 25.2 Å². The van der Waals surface area contributed by atoms with Crippen molar-refractivity contribution in [1.29, 1.82) is 0 Å². The van der Waals surface area contributed by atoms with Crippen LogP contribution in [0.15, 0.2) is 0 Å². The van der Waals surface area contributed by atoms with Crippen molar-refractivity contribution in [2.24, 2.45) is 11.7 Å². The van der Waals surface area contributed by atoms with Crippen molar-refractivity contribution in [2.45, 2.75) is 44.1 Å². The van der Waals surface area contributed by atoms with Crippen LogP contribution >= 0.6 is 0 Å². The summed E-state index contributed by atoms with van der Waals surface area (Å²) in [5.74, 6) is 0.534. The Balaban J connectivity index is 1.69. The Morgan fingerprint density at radius 2 is 2.06 bits per heavy atom. The second-order valence-corrected chi connectivity index (χ2v) is 4.99. The highest BCUT2D eigenvalue weighted by Gasteiger charge is 2.37. The largest absolute Gasteiger partial charge is 0.464 e. The van der Waals surface area contributed by atoms with E-state index in [1.807, 2.05) is 0 Å². The third-order valence-corrected chi connectivity index (χ3v) is 3.78. The summed E-state index contributed by atoms with van der Waals surface area (Å²) < 4.78 is 10.5. The van der Waals surface area contributed by atoms with Crippen LogP contribution in [-0.4, -0.2) is 31.3 Å². The van der Waals surface area contributed by atoms with Gasteiger partial charge in [-0.3, -0.25) is 4.79 Å². The molecule has 0 radical (unpaired) electrons. The number of ether oxygens (including phenoxy) is 2. The van der Waals surface area contributed by atoms with Crippen LogP contribution in [-0.2, 0) is 14.3 Å². The third-order valence-electron chi connectivity index (χ3n) is 3.78. The van der Waals surface area contributed by atoms with Gasteiger partial charge in [-0.25, -0.2) is 0 Å². The number of rotatable bonds is 4. The minimum atomic E-state index is -0.794. The maximum atomic E-state index is 11.8.